The van der Waals surface area contributed by atoms with Gasteiger partial charge in [-0.1, -0.05) is 6.07 Å². The predicted octanol–water partition coefficient (Wildman–Crippen LogP) is 2.11. The SMILES string of the molecule is CC(=O)C1CC1c1ccc2c(c1)OCO2. The molecule has 1 aromatic rings. The average Bonchev–Trinajstić information content (AvgIpc) is 2.89. The van der Waals surface area contributed by atoms with Crippen molar-refractivity contribution in [3.05, 3.63) is 23.8 Å². The summed E-state index contributed by atoms with van der Waals surface area (Å²) in [6, 6.07) is 5.95. The van der Waals surface area contributed by atoms with Gasteiger partial charge in [-0.05, 0) is 37.0 Å². The third kappa shape index (κ3) is 1.39. The summed E-state index contributed by atoms with van der Waals surface area (Å²) < 4.78 is 10.5. The molecule has 2 unspecified atom stereocenters. The molecule has 3 rings (SSSR count). The molecule has 1 saturated carbocycles. The number of ether oxygens (including phenoxy) is 2. The molecule has 0 spiro atoms. The highest BCUT2D eigenvalue weighted by molar-refractivity contribution is 5.82. The van der Waals surface area contributed by atoms with Crippen LogP contribution in [0.5, 0.6) is 11.5 Å². The second-order valence-electron chi connectivity index (χ2n) is 4.17. The van der Waals surface area contributed by atoms with Gasteiger partial charge in [0.25, 0.3) is 0 Å². The number of fused-ring (bicyclic) bond motifs is 1. The predicted molar refractivity (Wildman–Crippen MR) is 54.1 cm³/mol. The van der Waals surface area contributed by atoms with E-state index in [9.17, 15) is 4.79 Å². The first kappa shape index (κ1) is 8.77. The van der Waals surface area contributed by atoms with Crippen molar-refractivity contribution in [1.29, 1.82) is 0 Å². The fourth-order valence-corrected chi connectivity index (χ4v) is 2.16. The molecular formula is C12H12O3. The minimum absolute atomic E-state index is 0.227. The third-order valence-electron chi connectivity index (χ3n) is 3.14. The highest BCUT2D eigenvalue weighted by Crippen LogP contribution is 2.49. The van der Waals surface area contributed by atoms with Crippen molar-refractivity contribution in [3.8, 4) is 11.5 Å². The summed E-state index contributed by atoms with van der Waals surface area (Å²) >= 11 is 0. The van der Waals surface area contributed by atoms with Crippen molar-refractivity contribution >= 4 is 5.78 Å². The summed E-state index contributed by atoms with van der Waals surface area (Å²) in [6.45, 7) is 1.97. The van der Waals surface area contributed by atoms with E-state index < -0.39 is 0 Å². The number of carbonyl (C=O) groups is 1. The maximum Gasteiger partial charge on any atom is 0.231 e. The molecule has 2 aliphatic rings. The Kier molecular flexibility index (Phi) is 1.75. The zero-order valence-corrected chi connectivity index (χ0v) is 8.53. The first-order chi connectivity index (χ1) is 7.25. The lowest BCUT2D eigenvalue weighted by Gasteiger charge is -2.01. The molecule has 0 bridgehead atoms. The fourth-order valence-electron chi connectivity index (χ4n) is 2.16. The van der Waals surface area contributed by atoms with Gasteiger partial charge in [0, 0.05) is 5.92 Å². The lowest BCUT2D eigenvalue weighted by molar-refractivity contribution is -0.118. The smallest absolute Gasteiger partial charge is 0.231 e. The van der Waals surface area contributed by atoms with Gasteiger partial charge in [0.05, 0.1) is 0 Å². The summed E-state index contributed by atoms with van der Waals surface area (Å²) in [6.07, 6.45) is 0.981. The molecule has 1 aliphatic heterocycles. The summed E-state index contributed by atoms with van der Waals surface area (Å²) in [4.78, 5) is 11.2. The van der Waals surface area contributed by atoms with Gasteiger partial charge < -0.3 is 9.47 Å². The van der Waals surface area contributed by atoms with Crippen LogP contribution < -0.4 is 9.47 Å². The normalized spacial score (nSPS) is 26.5. The Labute approximate surface area is 88.0 Å². The van der Waals surface area contributed by atoms with Crippen molar-refractivity contribution in [2.75, 3.05) is 6.79 Å². The molecule has 3 heteroatoms. The lowest BCUT2D eigenvalue weighted by Crippen LogP contribution is -1.94. The Morgan fingerprint density at radius 1 is 1.33 bits per heavy atom. The van der Waals surface area contributed by atoms with Crippen molar-refractivity contribution in [3.63, 3.8) is 0 Å². The van der Waals surface area contributed by atoms with E-state index in [-0.39, 0.29) is 11.7 Å². The van der Waals surface area contributed by atoms with Crippen LogP contribution in [0.4, 0.5) is 0 Å². The second kappa shape index (κ2) is 2.99. The molecule has 1 heterocycles. The molecule has 1 aromatic carbocycles. The Balaban J connectivity index is 1.86. The lowest BCUT2D eigenvalue weighted by atomic mass is 10.1. The van der Waals surface area contributed by atoms with E-state index in [1.165, 1.54) is 5.56 Å². The minimum Gasteiger partial charge on any atom is -0.454 e. The van der Waals surface area contributed by atoms with E-state index >= 15 is 0 Å². The maximum absolute atomic E-state index is 11.2. The topological polar surface area (TPSA) is 35.5 Å². The molecule has 1 aliphatic carbocycles. The van der Waals surface area contributed by atoms with Crippen LogP contribution in [0.1, 0.15) is 24.8 Å². The van der Waals surface area contributed by atoms with Gasteiger partial charge in [-0.25, -0.2) is 0 Å². The molecule has 0 radical (unpaired) electrons. The van der Waals surface area contributed by atoms with E-state index in [0.29, 0.717) is 12.7 Å². The standard InChI is InChI=1S/C12H12O3/c1-7(13)9-5-10(9)8-2-3-11-12(4-8)15-6-14-11/h2-4,9-10H,5-6H2,1H3. The van der Waals surface area contributed by atoms with Crippen LogP contribution in [0.15, 0.2) is 18.2 Å². The molecule has 78 valence electrons. The molecule has 0 saturated heterocycles. The van der Waals surface area contributed by atoms with Gasteiger partial charge in [-0.3, -0.25) is 4.79 Å². The number of benzene rings is 1. The highest BCUT2D eigenvalue weighted by atomic mass is 16.7. The van der Waals surface area contributed by atoms with Crippen LogP contribution in [0.25, 0.3) is 0 Å². The van der Waals surface area contributed by atoms with Crippen molar-refractivity contribution in [2.24, 2.45) is 5.92 Å². The Bertz CT molecular complexity index is 425. The van der Waals surface area contributed by atoms with Gasteiger partial charge in [0.15, 0.2) is 11.5 Å². The molecule has 3 nitrogen and oxygen atoms in total. The van der Waals surface area contributed by atoms with Crippen molar-refractivity contribution < 1.29 is 14.3 Å². The fraction of sp³-hybridized carbons (Fsp3) is 0.417. The number of hydrogen-bond acceptors (Lipinski definition) is 3. The summed E-state index contributed by atoms with van der Waals surface area (Å²) in [7, 11) is 0. The minimum atomic E-state index is 0.227. The van der Waals surface area contributed by atoms with E-state index in [4.69, 9.17) is 9.47 Å². The van der Waals surface area contributed by atoms with E-state index in [2.05, 4.69) is 0 Å². The van der Waals surface area contributed by atoms with Gasteiger partial charge in [-0.2, -0.15) is 0 Å². The summed E-state index contributed by atoms with van der Waals surface area (Å²) in [5.41, 5.74) is 1.19. The summed E-state index contributed by atoms with van der Waals surface area (Å²) in [5, 5.41) is 0. The molecule has 15 heavy (non-hydrogen) atoms. The Hall–Kier alpha value is -1.51. The number of rotatable bonds is 2. The van der Waals surface area contributed by atoms with Gasteiger partial charge in [0.1, 0.15) is 5.78 Å². The molecular weight excluding hydrogens is 192 g/mol. The van der Waals surface area contributed by atoms with Crippen LogP contribution in [0.3, 0.4) is 0 Å². The van der Waals surface area contributed by atoms with Gasteiger partial charge in [0.2, 0.25) is 6.79 Å². The first-order valence-electron chi connectivity index (χ1n) is 5.15. The van der Waals surface area contributed by atoms with Crippen LogP contribution >= 0.6 is 0 Å². The van der Waals surface area contributed by atoms with Crippen LogP contribution in [0.2, 0.25) is 0 Å². The van der Waals surface area contributed by atoms with Crippen LogP contribution in [-0.4, -0.2) is 12.6 Å². The molecule has 0 aromatic heterocycles. The van der Waals surface area contributed by atoms with E-state index in [1.54, 1.807) is 6.92 Å². The maximum atomic E-state index is 11.2. The second-order valence-corrected chi connectivity index (χ2v) is 4.17. The number of hydrogen-bond donors (Lipinski definition) is 0. The van der Waals surface area contributed by atoms with Crippen molar-refractivity contribution in [1.82, 2.24) is 0 Å². The number of Topliss-reactive ketones (excluding diaryl/α,β-unsaturated/α-hetero) is 1. The first-order valence-corrected chi connectivity index (χ1v) is 5.15. The highest BCUT2D eigenvalue weighted by Gasteiger charge is 2.42. The van der Waals surface area contributed by atoms with E-state index in [0.717, 1.165) is 17.9 Å². The molecule has 0 amide bonds. The monoisotopic (exact) mass is 204 g/mol. The van der Waals surface area contributed by atoms with Crippen LogP contribution in [0, 0.1) is 5.92 Å². The van der Waals surface area contributed by atoms with Crippen molar-refractivity contribution in [2.45, 2.75) is 19.3 Å². The van der Waals surface area contributed by atoms with Gasteiger partial charge in [-0.15, -0.1) is 0 Å². The average molecular weight is 204 g/mol. The molecule has 0 N–H and O–H groups in total. The summed E-state index contributed by atoms with van der Waals surface area (Å²) in [5.74, 6) is 2.53. The molecule has 2 atom stereocenters. The number of carbonyl (C=O) groups excluding carboxylic acids is 1. The zero-order chi connectivity index (χ0) is 10.4. The quantitative estimate of drug-likeness (QED) is 0.740. The van der Waals surface area contributed by atoms with E-state index in [1.807, 2.05) is 18.2 Å². The Morgan fingerprint density at radius 3 is 2.87 bits per heavy atom. The number of ketones is 1. The van der Waals surface area contributed by atoms with Gasteiger partial charge >= 0.3 is 0 Å². The zero-order valence-electron chi connectivity index (χ0n) is 8.53. The largest absolute Gasteiger partial charge is 0.454 e. The third-order valence-corrected chi connectivity index (χ3v) is 3.14. The molecule has 1 fully saturated rings. The Morgan fingerprint density at radius 2 is 2.13 bits per heavy atom. The van der Waals surface area contributed by atoms with Crippen LogP contribution in [-0.2, 0) is 4.79 Å².